The molecule has 3 aromatic heterocycles. The van der Waals surface area contributed by atoms with Crippen LogP contribution in [0.3, 0.4) is 0 Å². The van der Waals surface area contributed by atoms with Gasteiger partial charge in [-0.05, 0) is 37.3 Å². The zero-order chi connectivity index (χ0) is 22.5. The molecule has 1 atom stereocenters. The Morgan fingerprint density at radius 1 is 1.16 bits per heavy atom. The van der Waals surface area contributed by atoms with Gasteiger partial charge in [0.05, 0.1) is 29.0 Å². The number of aryl methyl sites for hydroxylation is 1. The van der Waals surface area contributed by atoms with E-state index in [-0.39, 0.29) is 5.91 Å². The van der Waals surface area contributed by atoms with Crippen molar-refractivity contribution >= 4 is 33.5 Å². The number of aromatic nitrogens is 4. The summed E-state index contributed by atoms with van der Waals surface area (Å²) < 4.78 is 39.9. The van der Waals surface area contributed by atoms with Crippen LogP contribution in [0.15, 0.2) is 42.7 Å². The van der Waals surface area contributed by atoms with Crippen LogP contribution in [0.1, 0.15) is 34.6 Å². The lowest BCUT2D eigenvalue weighted by Crippen LogP contribution is -2.30. The molecule has 1 aromatic carbocycles. The topological polar surface area (TPSA) is 89.9 Å². The van der Waals surface area contributed by atoms with E-state index in [4.69, 9.17) is 5.73 Å². The Hall–Kier alpha value is -3.69. The van der Waals surface area contributed by atoms with Crippen molar-refractivity contribution in [2.24, 2.45) is 7.05 Å². The molecule has 0 aliphatic rings. The summed E-state index contributed by atoms with van der Waals surface area (Å²) in [5, 5.41) is 5.73. The Bertz CT molecular complexity index is 1300. The molecule has 7 nitrogen and oxygen atoms in total. The maximum atomic E-state index is 13.1. The molecule has 2 N–H and O–H groups in total. The Kier molecular flexibility index (Phi) is 4.79. The number of nitrogen functional groups attached to an aromatic ring is 1. The predicted octanol–water partition coefficient (Wildman–Crippen LogP) is 3.95. The average molecular weight is 428 g/mol. The minimum absolute atomic E-state index is 0.301. The number of amides is 1. The van der Waals surface area contributed by atoms with Crippen molar-refractivity contribution in [2.45, 2.75) is 19.1 Å². The summed E-state index contributed by atoms with van der Waals surface area (Å²) in [5.74, 6) is 0.0469. The zero-order valence-corrected chi connectivity index (χ0v) is 17.0. The maximum Gasteiger partial charge on any atom is 0.417 e. The lowest BCUT2D eigenvalue weighted by molar-refractivity contribution is -0.137. The molecule has 10 heteroatoms. The fourth-order valence-corrected chi connectivity index (χ4v) is 3.50. The Balaban J connectivity index is 1.67. The van der Waals surface area contributed by atoms with E-state index >= 15 is 0 Å². The highest BCUT2D eigenvalue weighted by atomic mass is 19.4. The molecule has 0 aliphatic heterocycles. The van der Waals surface area contributed by atoms with Crippen LogP contribution in [-0.2, 0) is 13.2 Å². The van der Waals surface area contributed by atoms with Crippen LogP contribution < -0.4 is 5.73 Å². The lowest BCUT2D eigenvalue weighted by atomic mass is 10.1. The van der Waals surface area contributed by atoms with Gasteiger partial charge in [-0.1, -0.05) is 0 Å². The van der Waals surface area contributed by atoms with Crippen molar-refractivity contribution in [1.29, 1.82) is 0 Å². The quantitative estimate of drug-likeness (QED) is 0.534. The van der Waals surface area contributed by atoms with Gasteiger partial charge < -0.3 is 10.6 Å². The molecule has 0 saturated heterocycles. The molecule has 0 spiro atoms. The molecule has 31 heavy (non-hydrogen) atoms. The number of benzene rings is 1. The van der Waals surface area contributed by atoms with Crippen molar-refractivity contribution in [3.8, 4) is 0 Å². The number of anilines is 1. The fraction of sp³-hybridized carbons (Fsp3) is 0.238. The first-order valence-electron chi connectivity index (χ1n) is 9.39. The SMILES string of the molecule is C[C@@H](c1ccc(C(F)(F)F)cn1)N(C)C(=O)c1ccc2nc(N)c3c(cnn3C)c2c1. The predicted molar refractivity (Wildman–Crippen MR) is 110 cm³/mol. The number of alkyl halides is 3. The van der Waals surface area contributed by atoms with Gasteiger partial charge in [0.2, 0.25) is 0 Å². The van der Waals surface area contributed by atoms with Crippen LogP contribution in [0.5, 0.6) is 0 Å². The highest BCUT2D eigenvalue weighted by Gasteiger charge is 2.31. The van der Waals surface area contributed by atoms with Crippen molar-refractivity contribution in [3.63, 3.8) is 0 Å². The van der Waals surface area contributed by atoms with Gasteiger partial charge in [-0.3, -0.25) is 14.5 Å². The van der Waals surface area contributed by atoms with Crippen LogP contribution in [0.25, 0.3) is 21.8 Å². The number of hydrogen-bond acceptors (Lipinski definition) is 5. The molecule has 0 aliphatic carbocycles. The monoisotopic (exact) mass is 428 g/mol. The molecule has 0 radical (unpaired) electrons. The number of rotatable bonds is 3. The van der Waals surface area contributed by atoms with E-state index in [2.05, 4.69) is 15.1 Å². The average Bonchev–Trinajstić information content (AvgIpc) is 3.14. The first-order valence-corrected chi connectivity index (χ1v) is 9.39. The smallest absolute Gasteiger partial charge is 0.382 e. The molecule has 3 heterocycles. The number of carbonyl (C=O) groups excluding carboxylic acids is 1. The van der Waals surface area contributed by atoms with Crippen LogP contribution in [0.4, 0.5) is 19.0 Å². The lowest BCUT2D eigenvalue weighted by Gasteiger charge is -2.25. The maximum absolute atomic E-state index is 13.1. The molecule has 4 aromatic rings. The number of hydrogen-bond donors (Lipinski definition) is 1. The van der Waals surface area contributed by atoms with E-state index in [0.717, 1.165) is 23.0 Å². The van der Waals surface area contributed by atoms with Crippen LogP contribution in [-0.4, -0.2) is 37.6 Å². The third-order valence-corrected chi connectivity index (χ3v) is 5.40. The summed E-state index contributed by atoms with van der Waals surface area (Å²) in [6.07, 6.45) is -2.02. The number of halogens is 3. The van der Waals surface area contributed by atoms with Crippen molar-refractivity contribution < 1.29 is 18.0 Å². The number of nitrogens with two attached hydrogens (primary N) is 1. The number of nitrogens with zero attached hydrogens (tertiary/aromatic N) is 5. The van der Waals surface area contributed by atoms with Crippen LogP contribution in [0, 0.1) is 0 Å². The number of carbonyl (C=O) groups is 1. The standard InChI is InChI=1S/C21H19F3N6O/c1-11(16-7-5-13(9-26-16)21(22,23)24)29(2)20(31)12-4-6-17-14(8-12)15-10-27-30(3)18(15)19(25)28-17/h4-11H,1-3H3,(H2,25,28)/t11-/m0/s1. The fourth-order valence-electron chi connectivity index (χ4n) is 3.50. The van der Waals surface area contributed by atoms with Crippen molar-refractivity contribution in [3.05, 3.63) is 59.5 Å². The molecular formula is C21H19F3N6O. The van der Waals surface area contributed by atoms with E-state index in [1.165, 1.54) is 11.0 Å². The Morgan fingerprint density at radius 2 is 1.90 bits per heavy atom. The number of fused-ring (bicyclic) bond motifs is 3. The zero-order valence-electron chi connectivity index (χ0n) is 17.0. The largest absolute Gasteiger partial charge is 0.417 e. The van der Waals surface area contributed by atoms with Gasteiger partial charge >= 0.3 is 6.18 Å². The van der Waals surface area contributed by atoms with E-state index in [9.17, 15) is 18.0 Å². The molecule has 0 fully saturated rings. The molecule has 1 amide bonds. The van der Waals surface area contributed by atoms with Gasteiger partial charge in [0, 0.05) is 36.6 Å². The second kappa shape index (κ2) is 7.22. The van der Waals surface area contributed by atoms with Gasteiger partial charge in [-0.25, -0.2) is 4.98 Å². The van der Waals surface area contributed by atoms with Gasteiger partial charge in [0.25, 0.3) is 5.91 Å². The normalized spacial score (nSPS) is 13.0. The Labute approximate surface area is 175 Å². The van der Waals surface area contributed by atoms with Gasteiger partial charge in [-0.15, -0.1) is 0 Å². The Morgan fingerprint density at radius 3 is 2.55 bits per heavy atom. The van der Waals surface area contributed by atoms with Crippen molar-refractivity contribution in [1.82, 2.24) is 24.6 Å². The second-order valence-corrected chi connectivity index (χ2v) is 7.32. The summed E-state index contributed by atoms with van der Waals surface area (Å²) in [6.45, 7) is 1.70. The molecule has 0 bridgehead atoms. The number of pyridine rings is 2. The van der Waals surface area contributed by atoms with Crippen molar-refractivity contribution in [2.75, 3.05) is 12.8 Å². The molecule has 0 unspecified atom stereocenters. The van der Waals surface area contributed by atoms with Gasteiger partial charge in [-0.2, -0.15) is 18.3 Å². The summed E-state index contributed by atoms with van der Waals surface area (Å²) >= 11 is 0. The second-order valence-electron chi connectivity index (χ2n) is 7.32. The highest BCUT2D eigenvalue weighted by molar-refractivity contribution is 6.10. The van der Waals surface area contributed by atoms with E-state index in [1.807, 2.05) is 0 Å². The molecular weight excluding hydrogens is 409 g/mol. The minimum atomic E-state index is -4.46. The molecule has 160 valence electrons. The first-order chi connectivity index (χ1) is 14.6. The van der Waals surface area contributed by atoms with Crippen LogP contribution >= 0.6 is 0 Å². The first kappa shape index (κ1) is 20.6. The highest BCUT2D eigenvalue weighted by Crippen LogP contribution is 2.31. The van der Waals surface area contributed by atoms with Crippen LogP contribution in [0.2, 0.25) is 0 Å². The minimum Gasteiger partial charge on any atom is -0.382 e. The van der Waals surface area contributed by atoms with E-state index in [1.54, 1.807) is 50.1 Å². The van der Waals surface area contributed by atoms with Gasteiger partial charge in [0.15, 0.2) is 0 Å². The summed E-state index contributed by atoms with van der Waals surface area (Å²) in [4.78, 5) is 22.8. The van der Waals surface area contributed by atoms with E-state index in [0.29, 0.717) is 28.1 Å². The molecule has 0 saturated carbocycles. The molecule has 4 rings (SSSR count). The third kappa shape index (κ3) is 3.54. The summed E-state index contributed by atoms with van der Waals surface area (Å²) in [6, 6.07) is 6.78. The third-order valence-electron chi connectivity index (χ3n) is 5.40. The van der Waals surface area contributed by atoms with Gasteiger partial charge in [0.1, 0.15) is 11.3 Å². The van der Waals surface area contributed by atoms with E-state index < -0.39 is 17.8 Å². The summed E-state index contributed by atoms with van der Waals surface area (Å²) in [5.41, 5.74) is 7.27. The summed E-state index contributed by atoms with van der Waals surface area (Å²) in [7, 11) is 3.34.